The summed E-state index contributed by atoms with van der Waals surface area (Å²) >= 11 is 4.98. The maximum absolute atomic E-state index is 5.49. The molecule has 0 saturated carbocycles. The Hall–Kier alpha value is 1.03. The second-order valence-electron chi connectivity index (χ2n) is 2.56. The predicted molar refractivity (Wildman–Crippen MR) is 64.6 cm³/mol. The van der Waals surface area contributed by atoms with Crippen molar-refractivity contribution >= 4 is 55.6 Å². The molecule has 0 rings (SSSR count). The van der Waals surface area contributed by atoms with E-state index >= 15 is 0 Å². The molecular weight excluding hydrogens is 227 g/mol. The molecule has 0 aromatic heterocycles. The molecule has 79 valence electrons. The Labute approximate surface area is 115 Å². The smallest absolute Gasteiger partial charge is 0.495 e. The van der Waals surface area contributed by atoms with Gasteiger partial charge in [-0.25, -0.2) is 0 Å². The Kier molecular flexibility index (Phi) is 11.5. The van der Waals surface area contributed by atoms with Crippen LogP contribution in [0.15, 0.2) is 0 Å². The Morgan fingerprint density at radius 2 is 1.57 bits per heavy atom. The van der Waals surface area contributed by atoms with Gasteiger partial charge in [0.15, 0.2) is 0 Å². The van der Waals surface area contributed by atoms with E-state index in [4.69, 9.17) is 25.5 Å². The SMILES string of the molecule is CCO[Si](C)(OCC)OC(=S)CC.[Na]. The fraction of sp³-hybridized carbons (Fsp3) is 0.875. The molecule has 0 aromatic carbocycles. The maximum atomic E-state index is 5.49. The summed E-state index contributed by atoms with van der Waals surface area (Å²) in [6, 6.07) is 0. The van der Waals surface area contributed by atoms with Gasteiger partial charge in [0.1, 0.15) is 5.05 Å². The van der Waals surface area contributed by atoms with Crippen LogP contribution in [0.5, 0.6) is 0 Å². The summed E-state index contributed by atoms with van der Waals surface area (Å²) in [5, 5.41) is 0.566. The number of thiocarbonyl (C=S) groups is 1. The van der Waals surface area contributed by atoms with Gasteiger partial charge in [0, 0.05) is 55.7 Å². The average Bonchev–Trinajstić information content (AvgIpc) is 2.04. The quantitative estimate of drug-likeness (QED) is 0.528. The van der Waals surface area contributed by atoms with Crippen molar-refractivity contribution in [1.29, 1.82) is 0 Å². The fourth-order valence-corrected chi connectivity index (χ4v) is 3.17. The zero-order chi connectivity index (χ0) is 10.3. The van der Waals surface area contributed by atoms with E-state index in [0.717, 1.165) is 6.42 Å². The third-order valence-corrected chi connectivity index (χ3v) is 4.16. The van der Waals surface area contributed by atoms with Crippen LogP contribution in [0.1, 0.15) is 27.2 Å². The maximum Gasteiger partial charge on any atom is 0.563 e. The van der Waals surface area contributed by atoms with Gasteiger partial charge in [0.2, 0.25) is 0 Å². The summed E-state index contributed by atoms with van der Waals surface area (Å²) in [6.45, 7) is 8.84. The van der Waals surface area contributed by atoms with Crippen molar-refractivity contribution in [2.75, 3.05) is 13.2 Å². The Morgan fingerprint density at radius 3 is 1.86 bits per heavy atom. The third kappa shape index (κ3) is 7.34. The molecule has 0 aliphatic rings. The van der Waals surface area contributed by atoms with Crippen LogP contribution >= 0.6 is 12.2 Å². The van der Waals surface area contributed by atoms with Crippen molar-refractivity contribution in [3.8, 4) is 0 Å². The third-order valence-electron chi connectivity index (χ3n) is 1.40. The Bertz CT molecular complexity index is 163. The van der Waals surface area contributed by atoms with E-state index in [2.05, 4.69) is 0 Å². The van der Waals surface area contributed by atoms with Gasteiger partial charge >= 0.3 is 8.80 Å². The minimum absolute atomic E-state index is 0. The molecule has 0 bridgehead atoms. The molecule has 0 aliphatic carbocycles. The first-order valence-electron chi connectivity index (χ1n) is 4.57. The molecule has 0 heterocycles. The van der Waals surface area contributed by atoms with Gasteiger partial charge in [-0.1, -0.05) is 6.92 Å². The van der Waals surface area contributed by atoms with Gasteiger partial charge in [-0.2, -0.15) is 0 Å². The summed E-state index contributed by atoms with van der Waals surface area (Å²) in [4.78, 5) is 0. The molecule has 0 N–H and O–H groups in total. The Morgan fingerprint density at radius 1 is 1.14 bits per heavy atom. The van der Waals surface area contributed by atoms with Crippen LogP contribution in [0.4, 0.5) is 0 Å². The molecule has 0 fully saturated rings. The minimum atomic E-state index is -2.47. The summed E-state index contributed by atoms with van der Waals surface area (Å²) in [5.74, 6) is 0. The number of hydrogen-bond donors (Lipinski definition) is 0. The largest absolute Gasteiger partial charge is 0.563 e. The normalized spacial score (nSPS) is 10.6. The molecule has 1 radical (unpaired) electrons. The first kappa shape index (κ1) is 17.4. The van der Waals surface area contributed by atoms with Crippen molar-refractivity contribution in [2.24, 2.45) is 0 Å². The fourth-order valence-electron chi connectivity index (χ4n) is 0.904. The molecule has 0 aromatic rings. The number of hydrogen-bond acceptors (Lipinski definition) is 4. The van der Waals surface area contributed by atoms with Crippen molar-refractivity contribution in [3.63, 3.8) is 0 Å². The molecule has 3 nitrogen and oxygen atoms in total. The second kappa shape index (κ2) is 9.27. The molecule has 0 aliphatic heterocycles. The van der Waals surface area contributed by atoms with Crippen LogP contribution in [0, 0.1) is 0 Å². The van der Waals surface area contributed by atoms with E-state index in [1.54, 1.807) is 0 Å². The minimum Gasteiger partial charge on any atom is -0.495 e. The van der Waals surface area contributed by atoms with Crippen molar-refractivity contribution in [2.45, 2.75) is 33.7 Å². The van der Waals surface area contributed by atoms with Crippen molar-refractivity contribution in [1.82, 2.24) is 0 Å². The van der Waals surface area contributed by atoms with Gasteiger partial charge in [0.05, 0.1) is 0 Å². The van der Waals surface area contributed by atoms with Gasteiger partial charge in [-0.15, -0.1) is 0 Å². The zero-order valence-electron chi connectivity index (χ0n) is 9.75. The van der Waals surface area contributed by atoms with E-state index in [0.29, 0.717) is 18.3 Å². The van der Waals surface area contributed by atoms with E-state index in [9.17, 15) is 0 Å². The van der Waals surface area contributed by atoms with Gasteiger partial charge in [-0.05, 0) is 26.1 Å². The molecule has 0 unspecified atom stereocenters. The molecule has 14 heavy (non-hydrogen) atoms. The monoisotopic (exact) mass is 245 g/mol. The first-order chi connectivity index (χ1) is 6.08. The van der Waals surface area contributed by atoms with Crippen LogP contribution in [0.2, 0.25) is 6.55 Å². The molecule has 0 atom stereocenters. The molecular formula is C8H18NaO3SSi. The average molecular weight is 245 g/mol. The van der Waals surface area contributed by atoms with Gasteiger partial charge < -0.3 is 13.3 Å². The predicted octanol–water partition coefficient (Wildman–Crippen LogP) is 2.00. The summed E-state index contributed by atoms with van der Waals surface area (Å²) < 4.78 is 16.4. The van der Waals surface area contributed by atoms with Gasteiger partial charge in [-0.3, -0.25) is 0 Å². The molecule has 0 saturated heterocycles. The second-order valence-corrected chi connectivity index (χ2v) is 5.52. The van der Waals surface area contributed by atoms with Crippen LogP contribution in [0.25, 0.3) is 0 Å². The van der Waals surface area contributed by atoms with Crippen LogP contribution < -0.4 is 0 Å². The summed E-state index contributed by atoms with van der Waals surface area (Å²) in [5.41, 5.74) is 0. The summed E-state index contributed by atoms with van der Waals surface area (Å²) in [6.07, 6.45) is 0.720. The van der Waals surface area contributed by atoms with E-state index in [-0.39, 0.29) is 29.6 Å². The topological polar surface area (TPSA) is 27.7 Å². The van der Waals surface area contributed by atoms with Crippen LogP contribution in [-0.2, 0) is 13.3 Å². The van der Waals surface area contributed by atoms with Crippen LogP contribution in [-0.4, -0.2) is 56.6 Å². The standard InChI is InChI=1S/C8H18O3SSi.Na/c1-5-8(12)11-13(4,9-6-2)10-7-3;/h5-7H2,1-4H3;. The van der Waals surface area contributed by atoms with Gasteiger partial charge in [0.25, 0.3) is 0 Å². The summed E-state index contributed by atoms with van der Waals surface area (Å²) in [7, 11) is -2.47. The van der Waals surface area contributed by atoms with Crippen molar-refractivity contribution in [3.05, 3.63) is 0 Å². The van der Waals surface area contributed by atoms with E-state index in [1.807, 2.05) is 27.3 Å². The Balaban J connectivity index is 0. The van der Waals surface area contributed by atoms with E-state index < -0.39 is 8.80 Å². The molecule has 0 amide bonds. The molecule has 0 spiro atoms. The number of rotatable bonds is 6. The molecule has 6 heteroatoms. The zero-order valence-corrected chi connectivity index (χ0v) is 13.6. The van der Waals surface area contributed by atoms with Crippen molar-refractivity contribution < 1.29 is 13.3 Å². The van der Waals surface area contributed by atoms with Crippen LogP contribution in [0.3, 0.4) is 0 Å². The first-order valence-corrected chi connectivity index (χ1v) is 7.21. The van der Waals surface area contributed by atoms with E-state index in [1.165, 1.54) is 0 Å².